The van der Waals surface area contributed by atoms with Crippen molar-refractivity contribution in [3.05, 3.63) is 138 Å². The molecular weight excluding hydrogens is 683 g/mol. The highest BCUT2D eigenvalue weighted by Gasteiger charge is 2.45. The average Bonchev–Trinajstić information content (AvgIpc) is 3.16. The van der Waals surface area contributed by atoms with Gasteiger partial charge in [-0.1, -0.05) is 129 Å². The summed E-state index contributed by atoms with van der Waals surface area (Å²) in [4.78, 5) is 5.04. The molecule has 0 spiro atoms. The first kappa shape index (κ1) is 36.2. The lowest BCUT2D eigenvalue weighted by Crippen LogP contribution is -2.61. The van der Waals surface area contributed by atoms with Gasteiger partial charge >= 0.3 is 0 Å². The minimum absolute atomic E-state index is 0.0167. The molecular formula is C51H53BN2O2. The Bertz CT molecular complexity index is 2500. The van der Waals surface area contributed by atoms with Crippen LogP contribution >= 0.6 is 0 Å². The van der Waals surface area contributed by atoms with E-state index in [4.69, 9.17) is 9.47 Å². The van der Waals surface area contributed by atoms with Crippen molar-refractivity contribution in [1.82, 2.24) is 0 Å². The van der Waals surface area contributed by atoms with Crippen molar-refractivity contribution < 1.29 is 9.47 Å². The van der Waals surface area contributed by atoms with Crippen molar-refractivity contribution in [2.75, 3.05) is 23.0 Å². The Kier molecular flexibility index (Phi) is 8.29. The summed E-state index contributed by atoms with van der Waals surface area (Å²) in [5.74, 6) is 1.57. The highest BCUT2D eigenvalue weighted by atomic mass is 16.6. The molecule has 5 heteroatoms. The molecule has 3 heterocycles. The normalized spacial score (nSPS) is 14.6. The first-order valence-corrected chi connectivity index (χ1v) is 20.2. The van der Waals surface area contributed by atoms with E-state index in [9.17, 15) is 0 Å². The smallest absolute Gasteiger partial charge is 0.252 e. The van der Waals surface area contributed by atoms with Gasteiger partial charge in [-0.3, -0.25) is 0 Å². The minimum atomic E-state index is -0.0337. The zero-order chi connectivity index (χ0) is 39.3. The summed E-state index contributed by atoms with van der Waals surface area (Å²) in [6.07, 6.45) is 0. The van der Waals surface area contributed by atoms with Crippen LogP contribution in [0.3, 0.4) is 0 Å². The first-order chi connectivity index (χ1) is 26.6. The lowest BCUT2D eigenvalue weighted by Gasteiger charge is -2.45. The summed E-state index contributed by atoms with van der Waals surface area (Å²) in [6.45, 7) is 24.1. The Labute approximate surface area is 334 Å². The molecule has 3 aliphatic rings. The van der Waals surface area contributed by atoms with Crippen molar-refractivity contribution in [3.8, 4) is 22.6 Å². The number of hydrogen-bond acceptors (Lipinski definition) is 4. The molecule has 6 aromatic carbocycles. The van der Waals surface area contributed by atoms with E-state index in [2.05, 4.69) is 194 Å². The Morgan fingerprint density at radius 2 is 0.982 bits per heavy atom. The molecule has 0 atom stereocenters. The standard InChI is InChI=1S/C51H53BN2O2/c1-32-26-44-48-45(27-32)54(43-31-47-46(55-24-25-56-47)30-38(43)33-14-12-11-13-15-33)42-23-19-36(51(8,9)10)29-40(42)52(48)39-28-35(50(5,6)7)18-22-41(39)53(44)37-20-16-34(17-21-37)49(2,3)4/h11-23,26-31H,24-25H2,1-10H3. The summed E-state index contributed by atoms with van der Waals surface area (Å²) in [5.41, 5.74) is 18.5. The van der Waals surface area contributed by atoms with Gasteiger partial charge in [-0.2, -0.15) is 0 Å². The van der Waals surface area contributed by atoms with Crippen molar-refractivity contribution in [1.29, 1.82) is 0 Å². The molecule has 3 aliphatic heterocycles. The first-order valence-electron chi connectivity index (χ1n) is 20.2. The van der Waals surface area contributed by atoms with Gasteiger partial charge in [0.25, 0.3) is 6.71 Å². The van der Waals surface area contributed by atoms with Crippen molar-refractivity contribution >= 4 is 57.2 Å². The maximum absolute atomic E-state index is 6.33. The van der Waals surface area contributed by atoms with E-state index in [-0.39, 0.29) is 23.0 Å². The number of hydrogen-bond donors (Lipinski definition) is 0. The third-order valence-electron chi connectivity index (χ3n) is 11.9. The Balaban J connectivity index is 1.39. The number of fused-ring (bicyclic) bond motifs is 5. The molecule has 6 aromatic rings. The monoisotopic (exact) mass is 736 g/mol. The third-order valence-corrected chi connectivity index (χ3v) is 11.9. The van der Waals surface area contributed by atoms with Gasteiger partial charge in [-0.05, 0) is 110 Å². The number of ether oxygens (including phenoxy) is 2. The highest BCUT2D eigenvalue weighted by Crippen LogP contribution is 2.50. The van der Waals surface area contributed by atoms with Gasteiger partial charge in [0.1, 0.15) is 13.2 Å². The fourth-order valence-corrected chi connectivity index (χ4v) is 8.84. The molecule has 56 heavy (non-hydrogen) atoms. The zero-order valence-electron chi connectivity index (χ0n) is 34.7. The fraction of sp³-hybridized carbons (Fsp3) is 0.294. The number of rotatable bonds is 3. The van der Waals surface area contributed by atoms with E-state index in [0.717, 1.165) is 28.3 Å². The predicted octanol–water partition coefficient (Wildman–Crippen LogP) is 11.4. The van der Waals surface area contributed by atoms with Crippen LogP contribution in [0.2, 0.25) is 0 Å². The van der Waals surface area contributed by atoms with Gasteiger partial charge in [0.05, 0.1) is 5.69 Å². The van der Waals surface area contributed by atoms with Crippen LogP contribution in [0.4, 0.5) is 34.1 Å². The molecule has 0 aliphatic carbocycles. The van der Waals surface area contributed by atoms with Gasteiger partial charge in [0, 0.05) is 40.1 Å². The van der Waals surface area contributed by atoms with Crippen LogP contribution in [0.1, 0.15) is 84.6 Å². The molecule has 9 rings (SSSR count). The van der Waals surface area contributed by atoms with Crippen molar-refractivity contribution in [2.24, 2.45) is 0 Å². The van der Waals surface area contributed by atoms with Crippen LogP contribution in [-0.4, -0.2) is 19.9 Å². The second kappa shape index (κ2) is 12.8. The number of anilines is 6. The summed E-state index contributed by atoms with van der Waals surface area (Å²) in [6, 6.07) is 43.6. The van der Waals surface area contributed by atoms with E-state index in [1.54, 1.807) is 0 Å². The van der Waals surface area contributed by atoms with Crippen LogP contribution < -0.4 is 35.7 Å². The summed E-state index contributed by atoms with van der Waals surface area (Å²) in [5, 5.41) is 0. The molecule has 0 saturated heterocycles. The quantitative estimate of drug-likeness (QED) is 0.169. The molecule has 282 valence electrons. The molecule has 0 saturated carbocycles. The van der Waals surface area contributed by atoms with Gasteiger partial charge in [0.15, 0.2) is 11.5 Å². The summed E-state index contributed by atoms with van der Waals surface area (Å²) >= 11 is 0. The molecule has 0 radical (unpaired) electrons. The van der Waals surface area contributed by atoms with E-state index < -0.39 is 0 Å². The van der Waals surface area contributed by atoms with E-state index >= 15 is 0 Å². The molecule has 0 bridgehead atoms. The van der Waals surface area contributed by atoms with Crippen LogP contribution in [0.5, 0.6) is 11.5 Å². The second-order valence-electron chi connectivity index (χ2n) is 19.0. The van der Waals surface area contributed by atoms with Crippen molar-refractivity contribution in [2.45, 2.75) is 85.5 Å². The number of aryl methyl sites for hydroxylation is 1. The Hall–Kier alpha value is -5.42. The lowest BCUT2D eigenvalue weighted by atomic mass is 9.33. The molecule has 4 nitrogen and oxygen atoms in total. The maximum Gasteiger partial charge on any atom is 0.252 e. The molecule has 0 N–H and O–H groups in total. The van der Waals surface area contributed by atoms with Crippen molar-refractivity contribution in [3.63, 3.8) is 0 Å². The fourth-order valence-electron chi connectivity index (χ4n) is 8.84. The van der Waals surface area contributed by atoms with E-state index in [1.165, 1.54) is 67.1 Å². The number of nitrogens with zero attached hydrogens (tertiary/aromatic N) is 2. The van der Waals surface area contributed by atoms with Crippen LogP contribution in [0, 0.1) is 6.92 Å². The minimum Gasteiger partial charge on any atom is -0.486 e. The predicted molar refractivity (Wildman–Crippen MR) is 238 cm³/mol. The molecule has 0 aromatic heterocycles. The maximum atomic E-state index is 6.33. The topological polar surface area (TPSA) is 24.9 Å². The summed E-state index contributed by atoms with van der Waals surface area (Å²) in [7, 11) is 0. The molecule has 0 amide bonds. The van der Waals surface area contributed by atoms with Gasteiger partial charge in [0.2, 0.25) is 0 Å². The van der Waals surface area contributed by atoms with Gasteiger partial charge in [-0.25, -0.2) is 0 Å². The van der Waals surface area contributed by atoms with E-state index in [1.807, 2.05) is 0 Å². The van der Waals surface area contributed by atoms with Crippen LogP contribution in [0.15, 0.2) is 115 Å². The average molecular weight is 737 g/mol. The Morgan fingerprint density at radius 1 is 0.482 bits per heavy atom. The Morgan fingerprint density at radius 3 is 1.54 bits per heavy atom. The summed E-state index contributed by atoms with van der Waals surface area (Å²) < 4.78 is 12.5. The second-order valence-corrected chi connectivity index (χ2v) is 19.0. The molecule has 0 fully saturated rings. The number of benzene rings is 6. The SMILES string of the molecule is Cc1cc2c3c(c1)N(c1cc4c(cc1-c1ccccc1)OCCO4)c1ccc(C(C)(C)C)cc1B3c1cc(C(C)(C)C)ccc1N2c1ccc(C(C)(C)C)cc1. The largest absolute Gasteiger partial charge is 0.486 e. The zero-order valence-corrected chi connectivity index (χ0v) is 34.7. The van der Waals surface area contributed by atoms with Gasteiger partial charge in [-0.15, -0.1) is 0 Å². The molecule has 0 unspecified atom stereocenters. The van der Waals surface area contributed by atoms with Crippen LogP contribution in [0.25, 0.3) is 11.1 Å². The van der Waals surface area contributed by atoms with Gasteiger partial charge < -0.3 is 19.3 Å². The van der Waals surface area contributed by atoms with Crippen LogP contribution in [-0.2, 0) is 16.2 Å². The highest BCUT2D eigenvalue weighted by molar-refractivity contribution is 7.00. The van der Waals surface area contributed by atoms with E-state index in [0.29, 0.717) is 13.2 Å². The lowest BCUT2D eigenvalue weighted by molar-refractivity contribution is 0.172. The third kappa shape index (κ3) is 5.98.